The zero-order chi connectivity index (χ0) is 9.53. The van der Waals surface area contributed by atoms with Crippen LogP contribution >= 0.6 is 0 Å². The summed E-state index contributed by atoms with van der Waals surface area (Å²) in [6.07, 6.45) is 4.78. The molecule has 1 saturated heterocycles. The monoisotopic (exact) mass is 183 g/mol. The van der Waals surface area contributed by atoms with E-state index in [4.69, 9.17) is 4.74 Å². The smallest absolute Gasteiger partial charge is 0.109 e. The van der Waals surface area contributed by atoms with Crippen LogP contribution in [0.5, 0.6) is 0 Å². The van der Waals surface area contributed by atoms with Crippen molar-refractivity contribution in [1.29, 1.82) is 0 Å². The second-order valence-electron chi connectivity index (χ2n) is 4.64. The molecule has 0 aliphatic carbocycles. The summed E-state index contributed by atoms with van der Waals surface area (Å²) in [6.45, 7) is 5.32. The van der Waals surface area contributed by atoms with Gasteiger partial charge in [0.2, 0.25) is 0 Å². The Kier molecular flexibility index (Phi) is 1.98. The minimum Gasteiger partial charge on any atom is -0.385 e. The van der Waals surface area contributed by atoms with E-state index in [1.165, 1.54) is 0 Å². The summed E-state index contributed by atoms with van der Waals surface area (Å²) in [4.78, 5) is 0. The first-order valence-corrected chi connectivity index (χ1v) is 4.78. The van der Waals surface area contributed by atoms with E-state index in [-0.39, 0.29) is 11.6 Å². The van der Waals surface area contributed by atoms with Gasteiger partial charge in [0.05, 0.1) is 18.2 Å². The highest BCUT2D eigenvalue weighted by molar-refractivity contribution is 5.14. The quantitative estimate of drug-likeness (QED) is 0.580. The Morgan fingerprint density at radius 1 is 1.54 bits per heavy atom. The standard InChI is InChI=1S/C10H17NO2/c1-9(2)6-10(12,7-13-9)8-4-3-5-11-8/h3-4,8,11-12H,5-7H2,1-2H3. The van der Waals surface area contributed by atoms with Crippen LogP contribution in [0.25, 0.3) is 0 Å². The normalized spacial score (nSPS) is 42.8. The van der Waals surface area contributed by atoms with Crippen molar-refractivity contribution >= 4 is 0 Å². The molecule has 0 aromatic rings. The highest BCUT2D eigenvalue weighted by Gasteiger charge is 2.47. The summed E-state index contributed by atoms with van der Waals surface area (Å²) in [6, 6.07) is 0.0641. The molecule has 2 heterocycles. The number of nitrogens with one attached hydrogen (secondary N) is 1. The largest absolute Gasteiger partial charge is 0.385 e. The minimum atomic E-state index is -0.712. The van der Waals surface area contributed by atoms with Gasteiger partial charge in [0.25, 0.3) is 0 Å². The third kappa shape index (κ3) is 1.64. The average molecular weight is 183 g/mol. The van der Waals surface area contributed by atoms with Crippen LogP contribution in [0.1, 0.15) is 20.3 Å². The van der Waals surface area contributed by atoms with Gasteiger partial charge < -0.3 is 15.2 Å². The van der Waals surface area contributed by atoms with Gasteiger partial charge >= 0.3 is 0 Å². The van der Waals surface area contributed by atoms with Crippen LogP contribution in [-0.4, -0.2) is 35.5 Å². The maximum absolute atomic E-state index is 10.3. The molecule has 2 N–H and O–H groups in total. The van der Waals surface area contributed by atoms with E-state index in [9.17, 15) is 5.11 Å². The Bertz CT molecular complexity index is 237. The van der Waals surface area contributed by atoms with E-state index >= 15 is 0 Å². The molecule has 2 unspecified atom stereocenters. The molecule has 0 aromatic heterocycles. The lowest BCUT2D eigenvalue weighted by molar-refractivity contribution is -0.00405. The van der Waals surface area contributed by atoms with Gasteiger partial charge in [-0.15, -0.1) is 0 Å². The summed E-state index contributed by atoms with van der Waals surface area (Å²) in [5, 5.41) is 13.5. The molecule has 0 amide bonds. The maximum Gasteiger partial charge on any atom is 0.109 e. The third-order valence-electron chi connectivity index (χ3n) is 2.81. The lowest BCUT2D eigenvalue weighted by Gasteiger charge is -2.28. The molecule has 3 nitrogen and oxygen atoms in total. The summed E-state index contributed by atoms with van der Waals surface area (Å²) < 4.78 is 5.54. The van der Waals surface area contributed by atoms with E-state index in [2.05, 4.69) is 5.32 Å². The predicted molar refractivity (Wildman–Crippen MR) is 50.5 cm³/mol. The van der Waals surface area contributed by atoms with Gasteiger partial charge in [-0.25, -0.2) is 0 Å². The van der Waals surface area contributed by atoms with Gasteiger partial charge in [-0.3, -0.25) is 0 Å². The number of aliphatic hydroxyl groups is 1. The van der Waals surface area contributed by atoms with Crippen LogP contribution in [0.3, 0.4) is 0 Å². The lowest BCUT2D eigenvalue weighted by atomic mass is 9.88. The van der Waals surface area contributed by atoms with E-state index in [0.29, 0.717) is 13.0 Å². The van der Waals surface area contributed by atoms with Crippen molar-refractivity contribution in [1.82, 2.24) is 5.32 Å². The fourth-order valence-electron chi connectivity index (χ4n) is 2.20. The number of rotatable bonds is 1. The highest BCUT2D eigenvalue weighted by atomic mass is 16.5. The zero-order valence-corrected chi connectivity index (χ0v) is 8.21. The Morgan fingerprint density at radius 3 is 2.77 bits per heavy atom. The van der Waals surface area contributed by atoms with Crippen molar-refractivity contribution in [3.8, 4) is 0 Å². The summed E-state index contributed by atoms with van der Waals surface area (Å²) in [5.74, 6) is 0. The van der Waals surface area contributed by atoms with Crippen LogP contribution in [0.15, 0.2) is 12.2 Å². The molecule has 0 radical (unpaired) electrons. The molecule has 3 heteroatoms. The van der Waals surface area contributed by atoms with E-state index in [1.807, 2.05) is 26.0 Å². The molecule has 13 heavy (non-hydrogen) atoms. The first kappa shape index (κ1) is 9.19. The molecule has 0 saturated carbocycles. The zero-order valence-electron chi connectivity index (χ0n) is 8.21. The minimum absolute atomic E-state index is 0.0641. The van der Waals surface area contributed by atoms with Crippen molar-refractivity contribution in [2.45, 2.75) is 37.5 Å². The molecule has 2 rings (SSSR count). The number of hydrogen-bond donors (Lipinski definition) is 2. The molecule has 0 bridgehead atoms. The van der Waals surface area contributed by atoms with Gasteiger partial charge in [0.15, 0.2) is 0 Å². The second kappa shape index (κ2) is 2.80. The first-order chi connectivity index (χ1) is 6.02. The number of ether oxygens (including phenoxy) is 1. The molecule has 0 aromatic carbocycles. The van der Waals surface area contributed by atoms with Gasteiger partial charge in [0, 0.05) is 13.0 Å². The van der Waals surface area contributed by atoms with E-state index in [0.717, 1.165) is 6.54 Å². The summed E-state index contributed by atoms with van der Waals surface area (Å²) >= 11 is 0. The predicted octanol–water partition coefficient (Wildman–Crippen LogP) is 0.444. The maximum atomic E-state index is 10.3. The summed E-state index contributed by atoms with van der Waals surface area (Å²) in [7, 11) is 0. The molecule has 1 fully saturated rings. The Balaban J connectivity index is 2.09. The van der Waals surface area contributed by atoms with Gasteiger partial charge in [-0.1, -0.05) is 12.2 Å². The molecule has 0 spiro atoms. The fourth-order valence-corrected chi connectivity index (χ4v) is 2.20. The lowest BCUT2D eigenvalue weighted by Crippen LogP contribution is -2.48. The molecular weight excluding hydrogens is 166 g/mol. The molecule has 74 valence electrons. The van der Waals surface area contributed by atoms with Crippen molar-refractivity contribution in [2.75, 3.05) is 13.2 Å². The van der Waals surface area contributed by atoms with Crippen LogP contribution in [0.4, 0.5) is 0 Å². The third-order valence-corrected chi connectivity index (χ3v) is 2.81. The van der Waals surface area contributed by atoms with Crippen molar-refractivity contribution in [3.05, 3.63) is 12.2 Å². The topological polar surface area (TPSA) is 41.5 Å². The van der Waals surface area contributed by atoms with E-state index in [1.54, 1.807) is 0 Å². The van der Waals surface area contributed by atoms with Crippen LogP contribution in [-0.2, 0) is 4.74 Å². The van der Waals surface area contributed by atoms with Gasteiger partial charge in [0.1, 0.15) is 5.60 Å². The summed E-state index contributed by atoms with van der Waals surface area (Å²) in [5.41, 5.74) is -0.899. The Labute approximate surface area is 78.8 Å². The molecule has 2 aliphatic rings. The van der Waals surface area contributed by atoms with Crippen LogP contribution < -0.4 is 5.32 Å². The SMILES string of the molecule is CC1(C)CC(O)(C2C=CCN2)CO1. The van der Waals surface area contributed by atoms with Crippen LogP contribution in [0.2, 0.25) is 0 Å². The first-order valence-electron chi connectivity index (χ1n) is 4.78. The number of hydrogen-bond acceptors (Lipinski definition) is 3. The van der Waals surface area contributed by atoms with Gasteiger partial charge in [-0.05, 0) is 13.8 Å². The molecule has 2 aliphatic heterocycles. The van der Waals surface area contributed by atoms with Gasteiger partial charge in [-0.2, -0.15) is 0 Å². The van der Waals surface area contributed by atoms with Crippen molar-refractivity contribution in [2.24, 2.45) is 0 Å². The Morgan fingerprint density at radius 2 is 2.31 bits per heavy atom. The van der Waals surface area contributed by atoms with Crippen LogP contribution in [0, 0.1) is 0 Å². The molecular formula is C10H17NO2. The Hall–Kier alpha value is -0.380. The average Bonchev–Trinajstić information content (AvgIpc) is 2.58. The van der Waals surface area contributed by atoms with E-state index < -0.39 is 5.60 Å². The fraction of sp³-hybridized carbons (Fsp3) is 0.800. The second-order valence-corrected chi connectivity index (χ2v) is 4.64. The highest BCUT2D eigenvalue weighted by Crippen LogP contribution is 2.35. The van der Waals surface area contributed by atoms with Crippen molar-refractivity contribution in [3.63, 3.8) is 0 Å². The van der Waals surface area contributed by atoms with Crippen molar-refractivity contribution < 1.29 is 9.84 Å². The molecule has 2 atom stereocenters.